The SMILES string of the molecule is c1ccc2cc3c(cc2c1)c1c2ccccc2ccc1n3-c1ccc(-c2nc3c(ccc4sc5ccccc5c43)o2)cc1. The Kier molecular flexibility index (Phi) is 4.60. The molecular formula is C39H22N2OS. The summed E-state index contributed by atoms with van der Waals surface area (Å²) in [6, 6.07) is 47.8. The van der Waals surface area contributed by atoms with E-state index in [9.17, 15) is 0 Å². The Morgan fingerprint density at radius 1 is 0.535 bits per heavy atom. The molecule has 7 aromatic carbocycles. The number of hydrogen-bond donors (Lipinski definition) is 0. The quantitative estimate of drug-likeness (QED) is 0.208. The van der Waals surface area contributed by atoms with Gasteiger partial charge in [-0.2, -0.15) is 0 Å². The number of nitrogens with zero attached hydrogens (tertiary/aromatic N) is 2. The van der Waals surface area contributed by atoms with Gasteiger partial charge in [-0.15, -0.1) is 11.3 Å². The summed E-state index contributed by atoms with van der Waals surface area (Å²) in [4.78, 5) is 5.03. The zero-order chi connectivity index (χ0) is 28.1. The van der Waals surface area contributed by atoms with Crippen molar-refractivity contribution < 1.29 is 4.42 Å². The third-order valence-corrected chi connectivity index (χ3v) is 9.93. The van der Waals surface area contributed by atoms with Crippen molar-refractivity contribution in [2.24, 2.45) is 0 Å². The van der Waals surface area contributed by atoms with E-state index in [1.807, 2.05) is 6.07 Å². The molecule has 4 heteroatoms. The smallest absolute Gasteiger partial charge is 0.227 e. The lowest BCUT2D eigenvalue weighted by atomic mass is 10.0. The Morgan fingerprint density at radius 3 is 2.14 bits per heavy atom. The van der Waals surface area contributed by atoms with E-state index < -0.39 is 0 Å². The van der Waals surface area contributed by atoms with Crippen molar-refractivity contribution >= 4 is 86.0 Å². The second-order valence-electron chi connectivity index (χ2n) is 11.2. The summed E-state index contributed by atoms with van der Waals surface area (Å²) in [6.07, 6.45) is 0. The third-order valence-electron chi connectivity index (χ3n) is 8.79. The lowest BCUT2D eigenvalue weighted by Crippen LogP contribution is -1.94. The Balaban J connectivity index is 1.18. The third kappa shape index (κ3) is 3.27. The molecular weight excluding hydrogens is 545 g/mol. The molecule has 43 heavy (non-hydrogen) atoms. The predicted molar refractivity (Wildman–Crippen MR) is 182 cm³/mol. The lowest BCUT2D eigenvalue weighted by molar-refractivity contribution is 0.620. The highest BCUT2D eigenvalue weighted by atomic mass is 32.1. The second-order valence-corrected chi connectivity index (χ2v) is 12.3. The van der Waals surface area contributed by atoms with Crippen LogP contribution in [0.2, 0.25) is 0 Å². The minimum absolute atomic E-state index is 0.642. The van der Waals surface area contributed by atoms with Gasteiger partial charge in [0.05, 0.1) is 11.0 Å². The van der Waals surface area contributed by atoms with Gasteiger partial charge in [-0.25, -0.2) is 4.98 Å². The van der Waals surface area contributed by atoms with Crippen LogP contribution in [0.4, 0.5) is 0 Å². The highest BCUT2D eigenvalue weighted by Gasteiger charge is 2.18. The van der Waals surface area contributed by atoms with Crippen LogP contribution in [-0.2, 0) is 0 Å². The fourth-order valence-corrected chi connectivity index (χ4v) is 7.94. The van der Waals surface area contributed by atoms with Gasteiger partial charge in [0.2, 0.25) is 5.89 Å². The lowest BCUT2D eigenvalue weighted by Gasteiger charge is -2.09. The number of fused-ring (bicyclic) bond motifs is 11. The number of benzene rings is 7. The van der Waals surface area contributed by atoms with Crippen molar-refractivity contribution in [2.45, 2.75) is 0 Å². The van der Waals surface area contributed by atoms with E-state index >= 15 is 0 Å². The van der Waals surface area contributed by atoms with Gasteiger partial charge >= 0.3 is 0 Å². The van der Waals surface area contributed by atoms with E-state index in [0.29, 0.717) is 5.89 Å². The van der Waals surface area contributed by atoms with Crippen LogP contribution in [0.25, 0.3) is 91.8 Å². The molecule has 0 saturated heterocycles. The monoisotopic (exact) mass is 566 g/mol. The Hall–Kier alpha value is -5.45. The number of oxazole rings is 1. The zero-order valence-electron chi connectivity index (χ0n) is 22.9. The van der Waals surface area contributed by atoms with E-state index in [4.69, 9.17) is 9.40 Å². The summed E-state index contributed by atoms with van der Waals surface area (Å²) in [5, 5.41) is 9.97. The molecule has 3 heterocycles. The van der Waals surface area contributed by atoms with Crippen LogP contribution in [0.1, 0.15) is 0 Å². The standard InChI is InChI=1S/C39H22N2OS/c1-2-9-26-22-32-30(21-25(26)8-1)36-28-10-4-3-7-23(28)15-18-31(36)41(32)27-16-13-24(14-17-27)39-40-38-33(42-39)19-20-35-37(38)29-11-5-6-12-34(29)43-35/h1-22H. The summed E-state index contributed by atoms with van der Waals surface area (Å²) < 4.78 is 11.2. The average molecular weight is 567 g/mol. The number of aromatic nitrogens is 2. The fraction of sp³-hybridized carbons (Fsp3) is 0. The molecule has 10 aromatic rings. The first-order valence-corrected chi connectivity index (χ1v) is 15.3. The van der Waals surface area contributed by atoms with Crippen molar-refractivity contribution in [1.82, 2.24) is 9.55 Å². The van der Waals surface area contributed by atoms with Gasteiger partial charge in [-0.1, -0.05) is 72.8 Å². The van der Waals surface area contributed by atoms with Crippen LogP contribution < -0.4 is 0 Å². The van der Waals surface area contributed by atoms with E-state index in [1.165, 1.54) is 63.5 Å². The number of hydrogen-bond acceptors (Lipinski definition) is 3. The van der Waals surface area contributed by atoms with Gasteiger partial charge in [0.15, 0.2) is 5.58 Å². The summed E-state index contributed by atoms with van der Waals surface area (Å²) in [7, 11) is 0. The molecule has 0 bridgehead atoms. The maximum Gasteiger partial charge on any atom is 0.227 e. The summed E-state index contributed by atoms with van der Waals surface area (Å²) in [5.74, 6) is 0.642. The molecule has 0 radical (unpaired) electrons. The normalized spacial score (nSPS) is 12.2. The maximum atomic E-state index is 6.33. The number of rotatable bonds is 2. The van der Waals surface area contributed by atoms with E-state index in [-0.39, 0.29) is 0 Å². The summed E-state index contributed by atoms with van der Waals surface area (Å²) in [5.41, 5.74) is 6.21. The highest BCUT2D eigenvalue weighted by Crippen LogP contribution is 2.41. The van der Waals surface area contributed by atoms with Gasteiger partial charge in [-0.3, -0.25) is 0 Å². The van der Waals surface area contributed by atoms with Crippen LogP contribution in [0.15, 0.2) is 138 Å². The van der Waals surface area contributed by atoms with Gasteiger partial charge in [0, 0.05) is 42.2 Å². The van der Waals surface area contributed by atoms with Crippen molar-refractivity contribution in [2.75, 3.05) is 0 Å². The minimum Gasteiger partial charge on any atom is -0.436 e. The van der Waals surface area contributed by atoms with Gasteiger partial charge in [0.1, 0.15) is 5.52 Å². The van der Waals surface area contributed by atoms with Crippen LogP contribution in [0, 0.1) is 0 Å². The fourth-order valence-electron chi connectivity index (χ4n) is 6.83. The number of thiophene rings is 1. The molecule has 200 valence electrons. The minimum atomic E-state index is 0.642. The van der Waals surface area contributed by atoms with Gasteiger partial charge in [-0.05, 0) is 82.2 Å². The molecule has 0 unspecified atom stereocenters. The largest absolute Gasteiger partial charge is 0.436 e. The molecule has 0 aliphatic heterocycles. The van der Waals surface area contributed by atoms with Crippen LogP contribution >= 0.6 is 11.3 Å². The Bertz CT molecular complexity index is 2730. The Morgan fingerprint density at radius 2 is 1.28 bits per heavy atom. The van der Waals surface area contributed by atoms with Gasteiger partial charge < -0.3 is 8.98 Å². The molecule has 3 aromatic heterocycles. The first kappa shape index (κ1) is 23.1. The molecule has 0 N–H and O–H groups in total. The van der Waals surface area contributed by atoms with Gasteiger partial charge in [0.25, 0.3) is 0 Å². The van der Waals surface area contributed by atoms with E-state index in [0.717, 1.165) is 22.4 Å². The highest BCUT2D eigenvalue weighted by molar-refractivity contribution is 7.26. The molecule has 0 atom stereocenters. The molecule has 3 nitrogen and oxygen atoms in total. The summed E-state index contributed by atoms with van der Waals surface area (Å²) in [6.45, 7) is 0. The van der Waals surface area contributed by atoms with E-state index in [1.54, 1.807) is 11.3 Å². The maximum absolute atomic E-state index is 6.33. The molecule has 0 aliphatic carbocycles. The summed E-state index contributed by atoms with van der Waals surface area (Å²) >= 11 is 1.80. The van der Waals surface area contributed by atoms with Crippen molar-refractivity contribution in [3.05, 3.63) is 133 Å². The topological polar surface area (TPSA) is 31.0 Å². The van der Waals surface area contributed by atoms with E-state index in [2.05, 4.69) is 132 Å². The first-order valence-electron chi connectivity index (χ1n) is 14.5. The molecule has 0 saturated carbocycles. The zero-order valence-corrected chi connectivity index (χ0v) is 23.7. The van der Waals surface area contributed by atoms with Crippen molar-refractivity contribution in [1.29, 1.82) is 0 Å². The Labute approximate surface area is 249 Å². The molecule has 0 fully saturated rings. The second kappa shape index (κ2) is 8.54. The van der Waals surface area contributed by atoms with Crippen molar-refractivity contribution in [3.63, 3.8) is 0 Å². The average Bonchev–Trinajstić information content (AvgIpc) is 3.75. The molecule has 0 amide bonds. The molecule has 0 aliphatic rings. The van der Waals surface area contributed by atoms with Crippen LogP contribution in [-0.4, -0.2) is 9.55 Å². The van der Waals surface area contributed by atoms with Crippen molar-refractivity contribution in [3.8, 4) is 17.1 Å². The molecule has 10 rings (SSSR count). The first-order chi connectivity index (χ1) is 21.3. The molecule has 0 spiro atoms. The van der Waals surface area contributed by atoms with Crippen LogP contribution in [0.3, 0.4) is 0 Å². The predicted octanol–water partition coefficient (Wildman–Crippen LogP) is 11.3. The van der Waals surface area contributed by atoms with Crippen LogP contribution in [0.5, 0.6) is 0 Å².